The van der Waals surface area contributed by atoms with Crippen LogP contribution in [0.25, 0.3) is 0 Å². The standard InChI is InChI=1S/C7H15NO3/c1-6(2-4-9)7(11)8-3-5-10/h6,9-10H,2-5H2,1H3,(H,8,11). The number of carbonyl (C=O) groups is 1. The summed E-state index contributed by atoms with van der Waals surface area (Å²) in [6.07, 6.45) is 0.470. The number of rotatable bonds is 5. The maximum absolute atomic E-state index is 11.0. The van der Waals surface area contributed by atoms with E-state index in [1.807, 2.05) is 0 Å². The molecule has 0 aromatic heterocycles. The highest BCUT2D eigenvalue weighted by Gasteiger charge is 2.10. The monoisotopic (exact) mass is 161 g/mol. The first-order valence-corrected chi connectivity index (χ1v) is 3.71. The molecular weight excluding hydrogens is 146 g/mol. The van der Waals surface area contributed by atoms with Crippen LogP contribution in [-0.2, 0) is 4.79 Å². The van der Waals surface area contributed by atoms with Crippen molar-refractivity contribution in [3.8, 4) is 0 Å². The molecule has 66 valence electrons. The molecule has 0 fully saturated rings. The largest absolute Gasteiger partial charge is 0.396 e. The molecule has 0 saturated heterocycles. The molecule has 0 aromatic carbocycles. The van der Waals surface area contributed by atoms with Crippen molar-refractivity contribution < 1.29 is 15.0 Å². The van der Waals surface area contributed by atoms with Gasteiger partial charge in [0.1, 0.15) is 0 Å². The summed E-state index contributed by atoms with van der Waals surface area (Å²) in [5.41, 5.74) is 0. The minimum absolute atomic E-state index is 0.0215. The number of aliphatic hydroxyl groups is 2. The van der Waals surface area contributed by atoms with Crippen LogP contribution in [0.4, 0.5) is 0 Å². The summed E-state index contributed by atoms with van der Waals surface area (Å²) in [5, 5.41) is 19.4. The average Bonchev–Trinajstić information content (AvgIpc) is 2.00. The molecule has 0 aliphatic rings. The molecule has 4 heteroatoms. The molecule has 0 aromatic rings. The van der Waals surface area contributed by atoms with Crippen LogP contribution < -0.4 is 5.32 Å². The molecule has 0 aliphatic heterocycles. The Morgan fingerprint density at radius 1 is 1.45 bits per heavy atom. The Kier molecular flexibility index (Phi) is 5.78. The van der Waals surface area contributed by atoms with E-state index in [0.717, 1.165) is 0 Å². The summed E-state index contributed by atoms with van der Waals surface area (Å²) in [6.45, 7) is 2.00. The van der Waals surface area contributed by atoms with Crippen molar-refractivity contribution in [1.29, 1.82) is 0 Å². The van der Waals surface area contributed by atoms with Crippen molar-refractivity contribution in [2.75, 3.05) is 19.8 Å². The van der Waals surface area contributed by atoms with Gasteiger partial charge in [0.05, 0.1) is 6.61 Å². The lowest BCUT2D eigenvalue weighted by molar-refractivity contribution is -0.125. The van der Waals surface area contributed by atoms with Gasteiger partial charge in [-0.1, -0.05) is 6.92 Å². The van der Waals surface area contributed by atoms with Gasteiger partial charge in [-0.2, -0.15) is 0 Å². The third-order valence-corrected chi connectivity index (χ3v) is 1.42. The van der Waals surface area contributed by atoms with Crippen molar-refractivity contribution in [2.45, 2.75) is 13.3 Å². The second kappa shape index (κ2) is 6.12. The lowest BCUT2D eigenvalue weighted by atomic mass is 10.1. The zero-order chi connectivity index (χ0) is 8.69. The quantitative estimate of drug-likeness (QED) is 0.490. The lowest BCUT2D eigenvalue weighted by Crippen LogP contribution is -2.31. The van der Waals surface area contributed by atoms with Gasteiger partial charge in [0, 0.05) is 19.1 Å². The molecular formula is C7H15NO3. The number of amides is 1. The zero-order valence-electron chi connectivity index (χ0n) is 6.71. The highest BCUT2D eigenvalue weighted by atomic mass is 16.3. The number of hydrogen-bond acceptors (Lipinski definition) is 3. The summed E-state index contributed by atoms with van der Waals surface area (Å²) in [6, 6.07) is 0. The van der Waals surface area contributed by atoms with E-state index in [4.69, 9.17) is 10.2 Å². The van der Waals surface area contributed by atoms with E-state index in [0.29, 0.717) is 6.42 Å². The molecule has 0 spiro atoms. The fourth-order valence-electron chi connectivity index (χ4n) is 0.678. The van der Waals surface area contributed by atoms with Crippen LogP contribution in [0.2, 0.25) is 0 Å². The van der Waals surface area contributed by atoms with E-state index in [1.165, 1.54) is 0 Å². The molecule has 0 saturated carbocycles. The van der Waals surface area contributed by atoms with E-state index in [-0.39, 0.29) is 31.6 Å². The Hall–Kier alpha value is -0.610. The van der Waals surface area contributed by atoms with Gasteiger partial charge in [-0.25, -0.2) is 0 Å². The van der Waals surface area contributed by atoms with Gasteiger partial charge >= 0.3 is 0 Å². The van der Waals surface area contributed by atoms with Gasteiger partial charge < -0.3 is 15.5 Å². The molecule has 1 amide bonds. The second-order valence-corrected chi connectivity index (χ2v) is 2.43. The van der Waals surface area contributed by atoms with Crippen molar-refractivity contribution in [2.24, 2.45) is 5.92 Å². The summed E-state index contributed by atoms with van der Waals surface area (Å²) in [7, 11) is 0. The highest BCUT2D eigenvalue weighted by molar-refractivity contribution is 5.78. The summed E-state index contributed by atoms with van der Waals surface area (Å²) in [5.74, 6) is -0.292. The van der Waals surface area contributed by atoms with Crippen LogP contribution in [0.5, 0.6) is 0 Å². The van der Waals surface area contributed by atoms with Crippen LogP contribution in [0.1, 0.15) is 13.3 Å². The summed E-state index contributed by atoms with van der Waals surface area (Å²) >= 11 is 0. The molecule has 0 heterocycles. The molecule has 1 atom stereocenters. The SMILES string of the molecule is CC(CCO)C(=O)NCCO. The van der Waals surface area contributed by atoms with Gasteiger partial charge in [-0.15, -0.1) is 0 Å². The average molecular weight is 161 g/mol. The van der Waals surface area contributed by atoms with Gasteiger partial charge in [0.15, 0.2) is 0 Å². The van der Waals surface area contributed by atoms with Gasteiger partial charge in [-0.3, -0.25) is 4.79 Å². The van der Waals surface area contributed by atoms with Crippen LogP contribution in [-0.4, -0.2) is 35.9 Å². The molecule has 11 heavy (non-hydrogen) atoms. The number of nitrogens with one attached hydrogen (secondary N) is 1. The third-order valence-electron chi connectivity index (χ3n) is 1.42. The molecule has 0 bridgehead atoms. The molecule has 0 rings (SSSR count). The first-order valence-electron chi connectivity index (χ1n) is 3.71. The Labute approximate surface area is 66.2 Å². The maximum Gasteiger partial charge on any atom is 0.222 e. The van der Waals surface area contributed by atoms with Crippen molar-refractivity contribution >= 4 is 5.91 Å². The van der Waals surface area contributed by atoms with Crippen LogP contribution in [0.15, 0.2) is 0 Å². The van der Waals surface area contributed by atoms with E-state index < -0.39 is 0 Å². The molecule has 1 unspecified atom stereocenters. The van der Waals surface area contributed by atoms with Crippen LogP contribution >= 0.6 is 0 Å². The Morgan fingerprint density at radius 2 is 2.09 bits per heavy atom. The Morgan fingerprint density at radius 3 is 2.55 bits per heavy atom. The topological polar surface area (TPSA) is 69.6 Å². The van der Waals surface area contributed by atoms with Gasteiger partial charge in [0.25, 0.3) is 0 Å². The van der Waals surface area contributed by atoms with Gasteiger partial charge in [0.2, 0.25) is 5.91 Å². The van der Waals surface area contributed by atoms with Crippen molar-refractivity contribution in [1.82, 2.24) is 5.32 Å². The Bertz CT molecular complexity index is 116. The molecule has 3 N–H and O–H groups in total. The molecule has 0 radical (unpaired) electrons. The van der Waals surface area contributed by atoms with E-state index in [1.54, 1.807) is 6.92 Å². The summed E-state index contributed by atoms with van der Waals surface area (Å²) < 4.78 is 0. The van der Waals surface area contributed by atoms with Gasteiger partial charge in [-0.05, 0) is 6.42 Å². The van der Waals surface area contributed by atoms with E-state index in [9.17, 15) is 4.79 Å². The second-order valence-electron chi connectivity index (χ2n) is 2.43. The van der Waals surface area contributed by atoms with E-state index >= 15 is 0 Å². The fraction of sp³-hybridized carbons (Fsp3) is 0.857. The maximum atomic E-state index is 11.0. The van der Waals surface area contributed by atoms with Crippen LogP contribution in [0, 0.1) is 5.92 Å². The smallest absolute Gasteiger partial charge is 0.222 e. The zero-order valence-corrected chi connectivity index (χ0v) is 6.71. The first kappa shape index (κ1) is 10.4. The predicted molar refractivity (Wildman–Crippen MR) is 41.0 cm³/mol. The summed E-state index contributed by atoms with van der Waals surface area (Å²) in [4.78, 5) is 11.0. The minimum Gasteiger partial charge on any atom is -0.396 e. The van der Waals surface area contributed by atoms with Crippen LogP contribution in [0.3, 0.4) is 0 Å². The lowest BCUT2D eigenvalue weighted by Gasteiger charge is -2.08. The minimum atomic E-state index is -0.174. The number of carbonyl (C=O) groups excluding carboxylic acids is 1. The molecule has 0 aliphatic carbocycles. The van der Waals surface area contributed by atoms with E-state index in [2.05, 4.69) is 5.32 Å². The van der Waals surface area contributed by atoms with Crippen molar-refractivity contribution in [3.05, 3.63) is 0 Å². The Balaban J connectivity index is 3.47. The van der Waals surface area contributed by atoms with Crippen molar-refractivity contribution in [3.63, 3.8) is 0 Å². The third kappa shape index (κ3) is 4.75. The number of aliphatic hydroxyl groups excluding tert-OH is 2. The predicted octanol–water partition coefficient (Wildman–Crippen LogP) is -0.887. The first-order chi connectivity index (χ1) is 5.22. The number of hydrogen-bond donors (Lipinski definition) is 3. The molecule has 4 nitrogen and oxygen atoms in total. The highest BCUT2D eigenvalue weighted by Crippen LogP contribution is 1.99. The normalized spacial score (nSPS) is 12.6. The fourth-order valence-corrected chi connectivity index (χ4v) is 0.678.